The highest BCUT2D eigenvalue weighted by Gasteiger charge is 2.46. The van der Waals surface area contributed by atoms with Crippen molar-refractivity contribution in [1.82, 2.24) is 14.1 Å². The fraction of sp³-hybridized carbons (Fsp3) is 0.684. The van der Waals surface area contributed by atoms with Crippen molar-refractivity contribution in [3.8, 4) is 0 Å². The Kier molecular flexibility index (Phi) is 4.43. The Labute approximate surface area is 151 Å². The molecule has 0 unspecified atom stereocenters. The lowest BCUT2D eigenvalue weighted by molar-refractivity contribution is -0.0609. The second-order valence-electron chi connectivity index (χ2n) is 8.35. The van der Waals surface area contributed by atoms with Crippen LogP contribution in [0.5, 0.6) is 0 Å². The fourth-order valence-corrected chi connectivity index (χ4v) is 6.32. The van der Waals surface area contributed by atoms with Gasteiger partial charge in [-0.1, -0.05) is 24.6 Å². The van der Waals surface area contributed by atoms with Gasteiger partial charge in [-0.3, -0.25) is 9.80 Å². The SMILES string of the molecule is CC1(C)CN(S(=O)(=O)c2ccccc2)C[C@@H]2CN(C3CCC3)CCN21. The molecule has 2 aliphatic heterocycles. The van der Waals surface area contributed by atoms with E-state index in [0.717, 1.165) is 25.7 Å². The second-order valence-corrected chi connectivity index (χ2v) is 10.3. The summed E-state index contributed by atoms with van der Waals surface area (Å²) < 4.78 is 28.0. The maximum atomic E-state index is 13.1. The van der Waals surface area contributed by atoms with Crippen LogP contribution < -0.4 is 0 Å². The van der Waals surface area contributed by atoms with Crippen LogP contribution in [0.15, 0.2) is 35.2 Å². The number of nitrogens with zero attached hydrogens (tertiary/aromatic N) is 3. The summed E-state index contributed by atoms with van der Waals surface area (Å²) in [6.45, 7) is 8.70. The molecule has 4 rings (SSSR count). The first kappa shape index (κ1) is 17.5. The molecule has 0 spiro atoms. The van der Waals surface area contributed by atoms with Crippen LogP contribution in [0.2, 0.25) is 0 Å². The maximum absolute atomic E-state index is 13.1. The summed E-state index contributed by atoms with van der Waals surface area (Å²) >= 11 is 0. The van der Waals surface area contributed by atoms with Crippen molar-refractivity contribution in [2.45, 2.75) is 55.6 Å². The van der Waals surface area contributed by atoms with E-state index in [-0.39, 0.29) is 11.6 Å². The molecular formula is C19H29N3O2S. The summed E-state index contributed by atoms with van der Waals surface area (Å²) in [5.41, 5.74) is -0.129. The lowest BCUT2D eigenvalue weighted by Crippen LogP contribution is -2.71. The van der Waals surface area contributed by atoms with Gasteiger partial charge in [-0.2, -0.15) is 4.31 Å². The Balaban J connectivity index is 1.57. The Morgan fingerprint density at radius 3 is 2.36 bits per heavy atom. The van der Waals surface area contributed by atoms with E-state index in [9.17, 15) is 8.42 Å². The summed E-state index contributed by atoms with van der Waals surface area (Å²) in [6, 6.07) is 9.88. The maximum Gasteiger partial charge on any atom is 0.243 e. The Morgan fingerprint density at radius 1 is 1.00 bits per heavy atom. The summed E-state index contributed by atoms with van der Waals surface area (Å²) in [5.74, 6) is 0. The van der Waals surface area contributed by atoms with Gasteiger partial charge in [-0.15, -0.1) is 0 Å². The van der Waals surface area contributed by atoms with Gasteiger partial charge in [-0.25, -0.2) is 8.42 Å². The average Bonchev–Trinajstić information content (AvgIpc) is 2.53. The van der Waals surface area contributed by atoms with Crippen molar-refractivity contribution < 1.29 is 8.42 Å². The van der Waals surface area contributed by atoms with Crippen molar-refractivity contribution in [3.05, 3.63) is 30.3 Å². The molecule has 2 heterocycles. The third kappa shape index (κ3) is 3.14. The third-order valence-corrected chi connectivity index (χ3v) is 8.07. The van der Waals surface area contributed by atoms with Gasteiger partial charge in [0.05, 0.1) is 4.90 Å². The van der Waals surface area contributed by atoms with Crippen molar-refractivity contribution in [2.24, 2.45) is 0 Å². The van der Waals surface area contributed by atoms with E-state index in [4.69, 9.17) is 0 Å². The topological polar surface area (TPSA) is 43.9 Å². The molecule has 3 aliphatic rings. The largest absolute Gasteiger partial charge is 0.298 e. The van der Waals surface area contributed by atoms with Crippen LogP contribution in [0.1, 0.15) is 33.1 Å². The number of hydrogen-bond acceptors (Lipinski definition) is 4. The van der Waals surface area contributed by atoms with Gasteiger partial charge >= 0.3 is 0 Å². The average molecular weight is 364 g/mol. The van der Waals surface area contributed by atoms with Gasteiger partial charge in [-0.05, 0) is 38.8 Å². The van der Waals surface area contributed by atoms with Gasteiger partial charge < -0.3 is 0 Å². The van der Waals surface area contributed by atoms with Gasteiger partial charge in [0.25, 0.3) is 0 Å². The monoisotopic (exact) mass is 363 g/mol. The molecule has 1 saturated carbocycles. The molecule has 138 valence electrons. The zero-order valence-electron chi connectivity index (χ0n) is 15.3. The van der Waals surface area contributed by atoms with Gasteiger partial charge in [0, 0.05) is 50.3 Å². The first-order valence-corrected chi connectivity index (χ1v) is 10.9. The van der Waals surface area contributed by atoms with E-state index in [0.29, 0.717) is 18.0 Å². The minimum atomic E-state index is -3.42. The van der Waals surface area contributed by atoms with Crippen LogP contribution in [0.3, 0.4) is 0 Å². The van der Waals surface area contributed by atoms with E-state index in [1.54, 1.807) is 28.6 Å². The van der Waals surface area contributed by atoms with Crippen molar-refractivity contribution in [1.29, 1.82) is 0 Å². The minimum Gasteiger partial charge on any atom is -0.298 e. The fourth-order valence-electron chi connectivity index (χ4n) is 4.66. The lowest BCUT2D eigenvalue weighted by Gasteiger charge is -2.56. The summed E-state index contributed by atoms with van der Waals surface area (Å²) in [7, 11) is -3.42. The molecule has 1 aliphatic carbocycles. The van der Waals surface area contributed by atoms with Crippen molar-refractivity contribution >= 4 is 10.0 Å². The standard InChI is InChI=1S/C19H29N3O2S/c1-19(2)15-21(25(23,24)18-9-4-3-5-10-18)14-17-13-20(11-12-22(17)19)16-7-6-8-16/h3-5,9-10,16-17H,6-8,11-15H2,1-2H3/t17-/m0/s1. The molecule has 0 N–H and O–H groups in total. The predicted octanol–water partition coefficient (Wildman–Crippen LogP) is 2.01. The van der Waals surface area contributed by atoms with Crippen LogP contribution in [-0.2, 0) is 10.0 Å². The molecule has 25 heavy (non-hydrogen) atoms. The molecule has 1 aromatic rings. The normalized spacial score (nSPS) is 29.1. The highest BCUT2D eigenvalue weighted by Crippen LogP contribution is 2.34. The van der Waals surface area contributed by atoms with Crippen molar-refractivity contribution in [2.75, 3.05) is 32.7 Å². The Hall–Kier alpha value is -0.950. The first-order valence-electron chi connectivity index (χ1n) is 9.44. The molecule has 0 bridgehead atoms. The second kappa shape index (κ2) is 6.34. The van der Waals surface area contributed by atoms with E-state index in [1.165, 1.54) is 19.3 Å². The lowest BCUT2D eigenvalue weighted by atomic mass is 9.88. The zero-order valence-corrected chi connectivity index (χ0v) is 16.1. The predicted molar refractivity (Wildman–Crippen MR) is 99.0 cm³/mol. The Morgan fingerprint density at radius 2 is 1.72 bits per heavy atom. The molecule has 0 aromatic heterocycles. The van der Waals surface area contributed by atoms with Gasteiger partial charge in [0.2, 0.25) is 10.0 Å². The highest BCUT2D eigenvalue weighted by atomic mass is 32.2. The number of benzene rings is 1. The molecular weight excluding hydrogens is 334 g/mol. The summed E-state index contributed by atoms with van der Waals surface area (Å²) in [6.07, 6.45) is 3.96. The van der Waals surface area contributed by atoms with Crippen LogP contribution in [-0.4, -0.2) is 72.9 Å². The number of sulfonamides is 1. The van der Waals surface area contributed by atoms with E-state index in [2.05, 4.69) is 23.6 Å². The number of fused-ring (bicyclic) bond motifs is 1. The van der Waals surface area contributed by atoms with Crippen LogP contribution in [0.4, 0.5) is 0 Å². The molecule has 1 aromatic carbocycles. The molecule has 0 amide bonds. The first-order chi connectivity index (χ1) is 11.9. The molecule has 2 saturated heterocycles. The molecule has 5 nitrogen and oxygen atoms in total. The van der Waals surface area contributed by atoms with Gasteiger partial charge in [0.1, 0.15) is 0 Å². The van der Waals surface area contributed by atoms with Crippen LogP contribution in [0.25, 0.3) is 0 Å². The van der Waals surface area contributed by atoms with Crippen LogP contribution in [0, 0.1) is 0 Å². The third-order valence-electron chi connectivity index (χ3n) is 6.24. The Bertz CT molecular complexity index is 715. The molecule has 0 radical (unpaired) electrons. The molecule has 3 fully saturated rings. The van der Waals surface area contributed by atoms with Crippen molar-refractivity contribution in [3.63, 3.8) is 0 Å². The zero-order chi connectivity index (χ0) is 17.7. The number of hydrogen-bond donors (Lipinski definition) is 0. The van der Waals surface area contributed by atoms with E-state index >= 15 is 0 Å². The molecule has 6 heteroatoms. The van der Waals surface area contributed by atoms with Gasteiger partial charge in [0.15, 0.2) is 0 Å². The van der Waals surface area contributed by atoms with E-state index in [1.807, 2.05) is 6.07 Å². The number of rotatable bonds is 3. The highest BCUT2D eigenvalue weighted by molar-refractivity contribution is 7.89. The molecule has 1 atom stereocenters. The summed E-state index contributed by atoms with van der Waals surface area (Å²) in [4.78, 5) is 5.55. The smallest absolute Gasteiger partial charge is 0.243 e. The number of piperazine rings is 2. The minimum absolute atomic E-state index is 0.129. The summed E-state index contributed by atoms with van der Waals surface area (Å²) in [5, 5.41) is 0. The quantitative estimate of drug-likeness (QED) is 0.824. The van der Waals surface area contributed by atoms with E-state index < -0.39 is 10.0 Å². The van der Waals surface area contributed by atoms with Crippen LogP contribution >= 0.6 is 0 Å².